The van der Waals surface area contributed by atoms with Crippen molar-refractivity contribution in [3.63, 3.8) is 0 Å². The highest BCUT2D eigenvalue weighted by atomic mass is 31.2. The maximum absolute atomic E-state index is 12.4. The Hall–Kier alpha value is -0.540. The van der Waals surface area contributed by atoms with Crippen LogP contribution < -0.4 is 0 Å². The minimum atomic E-state index is -4.49. The minimum Gasteiger partial charge on any atom is -0.457 e. The van der Waals surface area contributed by atoms with Gasteiger partial charge in [-0.3, -0.25) is 13.8 Å². The van der Waals surface area contributed by atoms with Crippen LogP contribution in [0.1, 0.15) is 142 Å². The van der Waals surface area contributed by atoms with Gasteiger partial charge in [0.1, 0.15) is 12.2 Å². The fraction of sp³-hybridized carbons (Fsp3) is 0.967. The zero-order valence-electron chi connectivity index (χ0n) is 25.6. The van der Waals surface area contributed by atoms with Crippen LogP contribution in [0.3, 0.4) is 0 Å². The third-order valence-electron chi connectivity index (χ3n) is 6.79. The molecule has 0 bridgehead atoms. The highest BCUT2D eigenvalue weighted by Crippen LogP contribution is 2.43. The van der Waals surface area contributed by atoms with Crippen molar-refractivity contribution >= 4 is 13.8 Å². The van der Waals surface area contributed by atoms with E-state index in [0.717, 1.165) is 32.1 Å². The number of hydrogen-bond donors (Lipinski definition) is 3. The predicted octanol–water partition coefficient (Wildman–Crippen LogP) is 7.24. The van der Waals surface area contributed by atoms with E-state index in [2.05, 4.69) is 18.4 Å². The molecule has 0 heterocycles. The molecule has 240 valence electrons. The van der Waals surface area contributed by atoms with Crippen LogP contribution >= 0.6 is 7.82 Å². The first-order valence-electron chi connectivity index (χ1n) is 16.0. The van der Waals surface area contributed by atoms with Crippen LogP contribution in [0.4, 0.5) is 0 Å². The molecule has 0 saturated carbocycles. The summed E-state index contributed by atoms with van der Waals surface area (Å²) in [7, 11) is -4.49. The molecular weight excluding hydrogens is 535 g/mol. The molecule has 0 spiro atoms. The molecule has 0 aliphatic carbocycles. The van der Waals surface area contributed by atoms with Gasteiger partial charge in [-0.1, -0.05) is 123 Å². The number of phosphoric acid groups is 1. The van der Waals surface area contributed by atoms with Crippen molar-refractivity contribution in [2.45, 2.75) is 154 Å². The molecule has 10 heteroatoms. The molecule has 0 aromatic carbocycles. The highest BCUT2D eigenvalue weighted by Gasteiger charge is 2.26. The molecule has 0 amide bonds. The summed E-state index contributed by atoms with van der Waals surface area (Å²) in [5.41, 5.74) is 0. The Morgan fingerprint density at radius 2 is 1.12 bits per heavy atom. The highest BCUT2D eigenvalue weighted by molar-refractivity contribution is 7.47. The Morgan fingerprint density at radius 1 is 0.675 bits per heavy atom. The second-order valence-electron chi connectivity index (χ2n) is 10.8. The van der Waals surface area contributed by atoms with Crippen LogP contribution in [0, 0.1) is 0 Å². The van der Waals surface area contributed by atoms with Gasteiger partial charge in [0.2, 0.25) is 0 Å². The Labute approximate surface area is 244 Å². The maximum Gasteiger partial charge on any atom is 0.472 e. The monoisotopic (exact) mass is 596 g/mol. The average molecular weight is 597 g/mol. The number of unbranched alkanes of at least 4 members (excludes halogenated alkanes) is 17. The van der Waals surface area contributed by atoms with Crippen LogP contribution in [0.2, 0.25) is 0 Å². The van der Waals surface area contributed by atoms with Crippen molar-refractivity contribution in [3.05, 3.63) is 0 Å². The van der Waals surface area contributed by atoms with Gasteiger partial charge in [0, 0.05) is 13.0 Å². The lowest BCUT2D eigenvalue weighted by Crippen LogP contribution is -2.29. The van der Waals surface area contributed by atoms with Crippen molar-refractivity contribution in [3.8, 4) is 0 Å². The summed E-state index contributed by atoms with van der Waals surface area (Å²) in [4.78, 5) is 22.2. The molecule has 0 fully saturated rings. The van der Waals surface area contributed by atoms with Gasteiger partial charge in [0.15, 0.2) is 0 Å². The van der Waals surface area contributed by atoms with Gasteiger partial charge in [-0.15, -0.1) is 0 Å². The maximum atomic E-state index is 12.4. The van der Waals surface area contributed by atoms with Gasteiger partial charge < -0.3 is 24.6 Å². The van der Waals surface area contributed by atoms with E-state index in [4.69, 9.17) is 19.1 Å². The molecule has 0 aromatic rings. The Bertz CT molecular complexity index is 606. The molecule has 3 unspecified atom stereocenters. The third-order valence-corrected chi connectivity index (χ3v) is 7.74. The second-order valence-corrected chi connectivity index (χ2v) is 12.3. The first kappa shape index (κ1) is 39.5. The normalized spacial score (nSPS) is 14.6. The lowest BCUT2D eigenvalue weighted by atomic mass is 10.1. The van der Waals surface area contributed by atoms with Crippen LogP contribution in [0.15, 0.2) is 0 Å². The molecule has 0 radical (unpaired) electrons. The zero-order valence-corrected chi connectivity index (χ0v) is 26.5. The van der Waals surface area contributed by atoms with Crippen LogP contribution in [0.5, 0.6) is 0 Å². The van der Waals surface area contributed by atoms with Crippen LogP contribution in [0.25, 0.3) is 0 Å². The van der Waals surface area contributed by atoms with Crippen molar-refractivity contribution in [2.24, 2.45) is 0 Å². The van der Waals surface area contributed by atoms with E-state index in [-0.39, 0.29) is 25.6 Å². The first-order chi connectivity index (χ1) is 19.3. The lowest BCUT2D eigenvalue weighted by molar-refractivity contribution is -0.154. The SMILES string of the molecule is CCCCCCCCCCCCOCC(COP(=O)(O)OCC(O)CO)OC(=O)CCCCCCCCCCC. The Kier molecular flexibility index (Phi) is 28.2. The Morgan fingerprint density at radius 3 is 1.62 bits per heavy atom. The molecule has 0 aliphatic rings. The van der Waals surface area contributed by atoms with Gasteiger partial charge in [0.05, 0.1) is 26.4 Å². The molecule has 0 aromatic heterocycles. The molecule has 3 atom stereocenters. The molecule has 0 aliphatic heterocycles. The smallest absolute Gasteiger partial charge is 0.457 e. The van der Waals surface area contributed by atoms with Gasteiger partial charge in [-0.25, -0.2) is 4.57 Å². The molecule has 3 N–H and O–H groups in total. The van der Waals surface area contributed by atoms with E-state index >= 15 is 0 Å². The van der Waals surface area contributed by atoms with Crippen LogP contribution in [-0.2, 0) is 27.9 Å². The molecule has 0 rings (SSSR count). The Balaban J connectivity index is 4.30. The van der Waals surface area contributed by atoms with Crippen molar-refractivity contribution in [2.75, 3.05) is 33.0 Å². The van der Waals surface area contributed by atoms with Gasteiger partial charge in [-0.2, -0.15) is 0 Å². The number of aliphatic hydroxyl groups is 2. The summed E-state index contributed by atoms with van der Waals surface area (Å²) < 4.78 is 33.0. The van der Waals surface area contributed by atoms with E-state index in [1.165, 1.54) is 89.9 Å². The fourth-order valence-electron chi connectivity index (χ4n) is 4.29. The third kappa shape index (κ3) is 27.6. The van der Waals surface area contributed by atoms with Crippen molar-refractivity contribution in [1.82, 2.24) is 0 Å². The number of phosphoric ester groups is 1. The van der Waals surface area contributed by atoms with Gasteiger partial charge >= 0.3 is 13.8 Å². The number of carbonyl (C=O) groups is 1. The van der Waals surface area contributed by atoms with E-state index < -0.39 is 33.2 Å². The number of esters is 1. The summed E-state index contributed by atoms with van der Waals surface area (Å²) in [5.74, 6) is -0.386. The standard InChI is InChI=1S/C30H61O9P/c1-3-5-7-9-11-13-15-17-19-21-23-36-26-29(27-38-40(34,35)37-25-28(32)24-31)39-30(33)22-20-18-16-14-12-10-8-6-4-2/h28-29,31-32H,3-27H2,1-2H3,(H,34,35). The number of carbonyl (C=O) groups excluding carboxylic acids is 1. The van der Waals surface area contributed by atoms with E-state index in [1.807, 2.05) is 0 Å². The summed E-state index contributed by atoms with van der Waals surface area (Å²) in [6, 6.07) is 0. The number of rotatable bonds is 31. The quantitative estimate of drug-likeness (QED) is 0.0430. The predicted molar refractivity (Wildman–Crippen MR) is 159 cm³/mol. The number of aliphatic hydroxyl groups excluding tert-OH is 2. The van der Waals surface area contributed by atoms with E-state index in [1.54, 1.807) is 0 Å². The minimum absolute atomic E-state index is 0.0557. The number of ether oxygens (including phenoxy) is 2. The lowest BCUT2D eigenvalue weighted by Gasteiger charge is -2.20. The van der Waals surface area contributed by atoms with Gasteiger partial charge in [-0.05, 0) is 12.8 Å². The van der Waals surface area contributed by atoms with E-state index in [9.17, 15) is 19.4 Å². The summed E-state index contributed by atoms with van der Waals surface area (Å²) in [6.45, 7) is 3.48. The second kappa shape index (κ2) is 28.6. The molecule has 9 nitrogen and oxygen atoms in total. The average Bonchev–Trinajstić information content (AvgIpc) is 2.94. The van der Waals surface area contributed by atoms with Gasteiger partial charge in [0.25, 0.3) is 0 Å². The van der Waals surface area contributed by atoms with Crippen molar-refractivity contribution in [1.29, 1.82) is 0 Å². The van der Waals surface area contributed by atoms with Crippen LogP contribution in [-0.4, -0.2) is 66.3 Å². The topological polar surface area (TPSA) is 132 Å². The molecular formula is C30H61O9P. The summed E-state index contributed by atoms with van der Waals surface area (Å²) >= 11 is 0. The van der Waals surface area contributed by atoms with Crippen molar-refractivity contribution < 1.29 is 43.0 Å². The first-order valence-corrected chi connectivity index (χ1v) is 17.5. The summed E-state index contributed by atoms with van der Waals surface area (Å²) in [6.07, 6.45) is 20.7. The zero-order chi connectivity index (χ0) is 29.7. The summed E-state index contributed by atoms with van der Waals surface area (Å²) in [5, 5.41) is 18.2. The largest absolute Gasteiger partial charge is 0.472 e. The van der Waals surface area contributed by atoms with E-state index in [0.29, 0.717) is 6.61 Å². The fourth-order valence-corrected chi connectivity index (χ4v) is 5.08. The number of hydrogen-bond acceptors (Lipinski definition) is 8. The molecule has 0 saturated heterocycles. The molecule has 40 heavy (non-hydrogen) atoms.